The van der Waals surface area contributed by atoms with Crippen LogP contribution in [0, 0.1) is 0 Å². The van der Waals surface area contributed by atoms with Crippen LogP contribution in [0.15, 0.2) is 0 Å². The van der Waals surface area contributed by atoms with Gasteiger partial charge in [0, 0.05) is 6.42 Å². The number of aliphatic carboxylic acids is 1. The summed E-state index contributed by atoms with van der Waals surface area (Å²) in [5, 5.41) is 8.85. The third kappa shape index (κ3) is 1.28. The molecule has 0 aromatic heterocycles. The van der Waals surface area contributed by atoms with E-state index in [-0.39, 0.29) is 36.6 Å². The molecule has 1 spiro atoms. The summed E-state index contributed by atoms with van der Waals surface area (Å²) in [6.07, 6.45) is 0.516. The van der Waals surface area contributed by atoms with Crippen LogP contribution in [0.4, 0.5) is 0 Å². The Labute approximate surface area is 103 Å². The molecule has 6 atom stereocenters. The summed E-state index contributed by atoms with van der Waals surface area (Å²) in [5.74, 6) is -0.830. The van der Waals surface area contributed by atoms with E-state index in [1.54, 1.807) is 0 Å². The minimum atomic E-state index is -0.856. The maximum Gasteiger partial charge on any atom is 0.305 e. The number of epoxide rings is 1. The zero-order chi connectivity index (χ0) is 12.5. The predicted octanol–water partition coefficient (Wildman–Crippen LogP) is -0.113. The van der Waals surface area contributed by atoms with E-state index in [4.69, 9.17) is 19.3 Å². The Morgan fingerprint density at radius 3 is 3.00 bits per heavy atom. The first kappa shape index (κ1) is 10.9. The van der Waals surface area contributed by atoms with Crippen molar-refractivity contribution in [3.05, 3.63) is 0 Å². The Bertz CT molecular complexity index is 434. The fraction of sp³-hybridized carbons (Fsp3) is 0.833. The second-order valence-corrected chi connectivity index (χ2v) is 5.57. The van der Waals surface area contributed by atoms with Gasteiger partial charge in [0.1, 0.15) is 23.9 Å². The largest absolute Gasteiger partial charge is 0.481 e. The maximum atomic E-state index is 11.8. The monoisotopic (exact) mass is 254 g/mol. The number of carboxylic acids is 1. The summed E-state index contributed by atoms with van der Waals surface area (Å²) in [4.78, 5) is 22.6. The first-order valence-corrected chi connectivity index (χ1v) is 6.34. The maximum absolute atomic E-state index is 11.8. The van der Waals surface area contributed by atoms with Gasteiger partial charge in [-0.15, -0.1) is 0 Å². The number of Topliss-reactive ketones (excluding diaryl/α,β-unsaturated/α-hetero) is 1. The molecule has 4 aliphatic rings. The normalized spacial score (nSPS) is 52.7. The Balaban J connectivity index is 1.61. The van der Waals surface area contributed by atoms with Crippen LogP contribution in [0.1, 0.15) is 25.7 Å². The quantitative estimate of drug-likeness (QED) is 0.692. The standard InChI is InChI=1S/C12H14O6/c13-8(14)3-5-1-2-7-12(18-5)4-6(16-7)9(15)10-11(12)17-10/h5-7,10-11H,1-4H2,(H,13,14)/t5-,6-,7+,10?,11+,12+/m1/s1. The molecule has 1 aliphatic carbocycles. The molecule has 3 saturated heterocycles. The summed E-state index contributed by atoms with van der Waals surface area (Å²) < 4.78 is 17.2. The van der Waals surface area contributed by atoms with E-state index in [1.807, 2.05) is 0 Å². The lowest BCUT2D eigenvalue weighted by Gasteiger charge is -2.41. The van der Waals surface area contributed by atoms with Gasteiger partial charge in [-0.1, -0.05) is 0 Å². The fourth-order valence-corrected chi connectivity index (χ4v) is 3.68. The van der Waals surface area contributed by atoms with Crippen LogP contribution in [0.3, 0.4) is 0 Å². The third-order valence-electron chi connectivity index (χ3n) is 4.49. The fourth-order valence-electron chi connectivity index (χ4n) is 3.68. The first-order chi connectivity index (χ1) is 8.60. The van der Waals surface area contributed by atoms with Gasteiger partial charge < -0.3 is 19.3 Å². The Morgan fingerprint density at radius 2 is 2.22 bits per heavy atom. The highest BCUT2D eigenvalue weighted by molar-refractivity contribution is 5.92. The van der Waals surface area contributed by atoms with Crippen LogP contribution in [0.2, 0.25) is 0 Å². The summed E-state index contributed by atoms with van der Waals surface area (Å²) >= 11 is 0. The molecular weight excluding hydrogens is 240 g/mol. The van der Waals surface area contributed by atoms with Crippen molar-refractivity contribution in [1.82, 2.24) is 0 Å². The molecule has 6 nitrogen and oxygen atoms in total. The number of ketones is 1. The van der Waals surface area contributed by atoms with Gasteiger partial charge in [-0.3, -0.25) is 9.59 Å². The van der Waals surface area contributed by atoms with Gasteiger partial charge in [-0.05, 0) is 12.8 Å². The van der Waals surface area contributed by atoms with E-state index >= 15 is 0 Å². The lowest BCUT2D eigenvalue weighted by atomic mass is 9.78. The highest BCUT2D eigenvalue weighted by atomic mass is 16.7. The number of rotatable bonds is 2. The summed E-state index contributed by atoms with van der Waals surface area (Å²) in [5.41, 5.74) is -0.568. The van der Waals surface area contributed by atoms with Gasteiger partial charge in [0.15, 0.2) is 5.78 Å². The lowest BCUT2D eigenvalue weighted by molar-refractivity contribution is -0.181. The number of carbonyl (C=O) groups excluding carboxylic acids is 1. The highest BCUT2D eigenvalue weighted by Crippen LogP contribution is 2.55. The first-order valence-electron chi connectivity index (χ1n) is 6.34. The van der Waals surface area contributed by atoms with E-state index in [2.05, 4.69) is 0 Å². The van der Waals surface area contributed by atoms with Gasteiger partial charge in [-0.2, -0.15) is 0 Å². The van der Waals surface area contributed by atoms with Crippen molar-refractivity contribution in [3.63, 3.8) is 0 Å². The van der Waals surface area contributed by atoms with Crippen molar-refractivity contribution in [2.24, 2.45) is 0 Å². The van der Waals surface area contributed by atoms with Gasteiger partial charge in [0.05, 0.1) is 18.6 Å². The molecule has 3 aliphatic heterocycles. The molecule has 0 aromatic carbocycles. The van der Waals surface area contributed by atoms with Gasteiger partial charge in [0.2, 0.25) is 0 Å². The molecular formula is C12H14O6. The Hall–Kier alpha value is -0.980. The summed E-state index contributed by atoms with van der Waals surface area (Å²) in [7, 11) is 0. The van der Waals surface area contributed by atoms with Crippen molar-refractivity contribution in [2.75, 3.05) is 0 Å². The van der Waals surface area contributed by atoms with E-state index in [9.17, 15) is 9.59 Å². The van der Waals surface area contributed by atoms with Crippen LogP contribution in [0.25, 0.3) is 0 Å². The molecule has 1 unspecified atom stereocenters. The molecule has 2 bridgehead atoms. The molecule has 3 heterocycles. The molecule has 4 rings (SSSR count). The lowest BCUT2D eigenvalue weighted by Crippen LogP contribution is -2.54. The third-order valence-corrected chi connectivity index (χ3v) is 4.49. The number of hydrogen-bond acceptors (Lipinski definition) is 5. The Morgan fingerprint density at radius 1 is 1.39 bits per heavy atom. The van der Waals surface area contributed by atoms with Crippen molar-refractivity contribution in [2.45, 2.75) is 61.8 Å². The Kier molecular flexibility index (Phi) is 2.01. The van der Waals surface area contributed by atoms with Crippen LogP contribution < -0.4 is 0 Å². The number of carboxylic acid groups (broad SMARTS) is 1. The van der Waals surface area contributed by atoms with Crippen LogP contribution in [-0.4, -0.2) is 53.0 Å². The summed E-state index contributed by atoms with van der Waals surface area (Å²) in [6.45, 7) is 0. The highest BCUT2D eigenvalue weighted by Gasteiger charge is 2.73. The minimum Gasteiger partial charge on any atom is -0.481 e. The number of fused-ring (bicyclic) bond motifs is 2. The van der Waals surface area contributed by atoms with E-state index in [1.165, 1.54) is 0 Å². The van der Waals surface area contributed by atoms with Crippen molar-refractivity contribution >= 4 is 11.8 Å². The summed E-state index contributed by atoms with van der Waals surface area (Å²) in [6, 6.07) is 0. The molecule has 0 aromatic rings. The topological polar surface area (TPSA) is 85.4 Å². The molecule has 98 valence electrons. The molecule has 18 heavy (non-hydrogen) atoms. The molecule has 0 amide bonds. The van der Waals surface area contributed by atoms with Crippen LogP contribution in [0.5, 0.6) is 0 Å². The molecule has 6 heteroatoms. The molecule has 1 saturated carbocycles. The van der Waals surface area contributed by atoms with Crippen LogP contribution >= 0.6 is 0 Å². The molecule has 0 radical (unpaired) electrons. The van der Waals surface area contributed by atoms with Crippen molar-refractivity contribution < 1.29 is 28.9 Å². The zero-order valence-electron chi connectivity index (χ0n) is 9.70. The number of carbonyl (C=O) groups is 2. The van der Waals surface area contributed by atoms with Gasteiger partial charge >= 0.3 is 5.97 Å². The number of ether oxygens (including phenoxy) is 3. The minimum absolute atomic E-state index is 0.00443. The smallest absolute Gasteiger partial charge is 0.305 e. The van der Waals surface area contributed by atoms with E-state index in [0.717, 1.165) is 6.42 Å². The average Bonchev–Trinajstić information content (AvgIpc) is 3.03. The zero-order valence-corrected chi connectivity index (χ0v) is 9.70. The van der Waals surface area contributed by atoms with E-state index in [0.29, 0.717) is 12.8 Å². The van der Waals surface area contributed by atoms with Crippen molar-refractivity contribution in [3.8, 4) is 0 Å². The second kappa shape index (κ2) is 3.31. The average molecular weight is 254 g/mol. The molecule has 1 N–H and O–H groups in total. The van der Waals surface area contributed by atoms with Crippen LogP contribution in [-0.2, 0) is 23.8 Å². The predicted molar refractivity (Wildman–Crippen MR) is 56.0 cm³/mol. The van der Waals surface area contributed by atoms with E-state index < -0.39 is 17.7 Å². The second-order valence-electron chi connectivity index (χ2n) is 5.57. The number of hydrogen-bond donors (Lipinski definition) is 1. The van der Waals surface area contributed by atoms with Gasteiger partial charge in [0.25, 0.3) is 0 Å². The van der Waals surface area contributed by atoms with Crippen molar-refractivity contribution in [1.29, 1.82) is 0 Å². The SMILES string of the molecule is O=C(O)C[C@H]1CC[C@@H]2O[C@@H]3C[C@@]2(O1)[C@H]1OC1C3=O. The molecule has 4 fully saturated rings. The van der Waals surface area contributed by atoms with Gasteiger partial charge in [-0.25, -0.2) is 0 Å².